The second-order valence-electron chi connectivity index (χ2n) is 6.52. The zero-order valence-electron chi connectivity index (χ0n) is 14.0. The summed E-state index contributed by atoms with van der Waals surface area (Å²) in [7, 11) is 2.12. The lowest BCUT2D eigenvalue weighted by molar-refractivity contribution is -0.121. The molecular formula is C18H24N4O. The molecule has 0 aliphatic carbocycles. The maximum Gasteiger partial charge on any atom is 0.226 e. The number of aromatic nitrogens is 2. The van der Waals surface area contributed by atoms with Crippen LogP contribution < -0.4 is 5.32 Å². The molecule has 0 saturated carbocycles. The van der Waals surface area contributed by atoms with Crippen molar-refractivity contribution in [1.29, 1.82) is 0 Å². The molecule has 1 aliphatic rings. The van der Waals surface area contributed by atoms with Gasteiger partial charge in [0.05, 0.1) is 18.2 Å². The zero-order chi connectivity index (χ0) is 16.4. The summed E-state index contributed by atoms with van der Waals surface area (Å²) in [6.07, 6.45) is 1.30. The first-order valence-electron chi connectivity index (χ1n) is 8.10. The van der Waals surface area contributed by atoms with Gasteiger partial charge in [-0.3, -0.25) is 14.8 Å². The van der Waals surface area contributed by atoms with E-state index in [9.17, 15) is 4.79 Å². The maximum atomic E-state index is 12.3. The summed E-state index contributed by atoms with van der Waals surface area (Å²) in [5.41, 5.74) is 4.28. The van der Waals surface area contributed by atoms with Crippen molar-refractivity contribution in [1.82, 2.24) is 20.4 Å². The fraction of sp³-hybridized carbons (Fsp3) is 0.444. The highest BCUT2D eigenvalue weighted by Gasteiger charge is 2.33. The fourth-order valence-electron chi connectivity index (χ4n) is 3.34. The van der Waals surface area contributed by atoms with Gasteiger partial charge in [-0.1, -0.05) is 29.8 Å². The van der Waals surface area contributed by atoms with Crippen LogP contribution in [0.1, 0.15) is 35.0 Å². The summed E-state index contributed by atoms with van der Waals surface area (Å²) in [4.78, 5) is 14.6. The third-order valence-corrected chi connectivity index (χ3v) is 4.51. The van der Waals surface area contributed by atoms with E-state index in [1.807, 2.05) is 13.0 Å². The highest BCUT2D eigenvalue weighted by Crippen LogP contribution is 2.31. The largest absolute Gasteiger partial charge is 0.351 e. The Morgan fingerprint density at radius 1 is 1.35 bits per heavy atom. The molecule has 1 aliphatic heterocycles. The standard InChI is InChI=1S/C18H24N4O/c1-12-4-6-14(7-5-12)18-16(8-9-22(18)3)19-17(23)11-15-10-13(2)20-21-15/h4-7,10,16,18H,8-9,11H2,1-3H3,(H,19,23)(H,20,21). The number of carbonyl (C=O) groups is 1. The maximum absolute atomic E-state index is 12.3. The van der Waals surface area contributed by atoms with Crippen molar-refractivity contribution in [2.45, 2.75) is 38.8 Å². The molecular weight excluding hydrogens is 288 g/mol. The summed E-state index contributed by atoms with van der Waals surface area (Å²) < 4.78 is 0. The van der Waals surface area contributed by atoms with Gasteiger partial charge in [-0.2, -0.15) is 5.10 Å². The van der Waals surface area contributed by atoms with Crippen molar-refractivity contribution in [3.63, 3.8) is 0 Å². The topological polar surface area (TPSA) is 61.0 Å². The molecule has 2 atom stereocenters. The molecule has 5 nitrogen and oxygen atoms in total. The van der Waals surface area contributed by atoms with Gasteiger partial charge in [0.15, 0.2) is 0 Å². The molecule has 0 bridgehead atoms. The van der Waals surface area contributed by atoms with Gasteiger partial charge >= 0.3 is 0 Å². The molecule has 0 radical (unpaired) electrons. The number of carbonyl (C=O) groups excluding carboxylic acids is 1. The van der Waals surface area contributed by atoms with E-state index in [-0.39, 0.29) is 18.0 Å². The predicted molar refractivity (Wildman–Crippen MR) is 90.1 cm³/mol. The Bertz CT molecular complexity index is 677. The van der Waals surface area contributed by atoms with E-state index in [2.05, 4.69) is 58.7 Å². The third-order valence-electron chi connectivity index (χ3n) is 4.51. The molecule has 5 heteroatoms. The highest BCUT2D eigenvalue weighted by molar-refractivity contribution is 5.78. The number of benzene rings is 1. The number of amides is 1. The van der Waals surface area contributed by atoms with Gasteiger partial charge < -0.3 is 5.32 Å². The van der Waals surface area contributed by atoms with Crippen LogP contribution in [0.4, 0.5) is 0 Å². The molecule has 1 aromatic heterocycles. The van der Waals surface area contributed by atoms with Crippen molar-refractivity contribution in [3.8, 4) is 0 Å². The summed E-state index contributed by atoms with van der Waals surface area (Å²) in [5, 5.41) is 10.2. The second-order valence-corrected chi connectivity index (χ2v) is 6.52. The number of H-pyrrole nitrogens is 1. The average molecular weight is 312 g/mol. The van der Waals surface area contributed by atoms with E-state index in [1.54, 1.807) is 0 Å². The molecule has 1 aromatic carbocycles. The van der Waals surface area contributed by atoms with Gasteiger partial charge in [-0.05, 0) is 38.9 Å². The SMILES string of the molecule is Cc1ccc(C2C(NC(=O)Cc3cc(C)[nH]n3)CCN2C)cc1. The number of aryl methyl sites for hydroxylation is 2. The molecule has 23 heavy (non-hydrogen) atoms. The van der Waals surface area contributed by atoms with Crippen molar-refractivity contribution in [2.24, 2.45) is 0 Å². The van der Waals surface area contributed by atoms with Crippen LogP contribution in [0.5, 0.6) is 0 Å². The van der Waals surface area contributed by atoms with Crippen molar-refractivity contribution in [3.05, 3.63) is 52.8 Å². The van der Waals surface area contributed by atoms with Crippen molar-refractivity contribution >= 4 is 5.91 Å². The first-order valence-corrected chi connectivity index (χ1v) is 8.10. The van der Waals surface area contributed by atoms with E-state index in [0.29, 0.717) is 6.42 Å². The first kappa shape index (κ1) is 15.7. The first-order chi connectivity index (χ1) is 11.0. The number of aromatic amines is 1. The molecule has 1 saturated heterocycles. The minimum Gasteiger partial charge on any atom is -0.351 e. The lowest BCUT2D eigenvalue weighted by Crippen LogP contribution is -2.39. The molecule has 1 fully saturated rings. The molecule has 1 amide bonds. The average Bonchev–Trinajstić information content (AvgIpc) is 3.06. The summed E-state index contributed by atoms with van der Waals surface area (Å²) in [6.45, 7) is 5.02. The van der Waals surface area contributed by atoms with Crippen LogP contribution in [0.2, 0.25) is 0 Å². The Labute approximate surface area is 137 Å². The number of nitrogens with zero attached hydrogens (tertiary/aromatic N) is 2. The van der Waals surface area contributed by atoms with Gasteiger partial charge in [0, 0.05) is 18.3 Å². The smallest absolute Gasteiger partial charge is 0.226 e. The van der Waals surface area contributed by atoms with Crippen LogP contribution in [0.15, 0.2) is 30.3 Å². The molecule has 3 rings (SSSR count). The lowest BCUT2D eigenvalue weighted by Gasteiger charge is -2.26. The molecule has 2 N–H and O–H groups in total. The summed E-state index contributed by atoms with van der Waals surface area (Å²) in [6, 6.07) is 10.9. The third kappa shape index (κ3) is 3.62. The van der Waals surface area contributed by atoms with Crippen LogP contribution in [-0.4, -0.2) is 40.6 Å². The fourth-order valence-corrected chi connectivity index (χ4v) is 3.34. The van der Waals surface area contributed by atoms with E-state index >= 15 is 0 Å². The lowest BCUT2D eigenvalue weighted by atomic mass is 9.99. The summed E-state index contributed by atoms with van der Waals surface area (Å²) >= 11 is 0. The van der Waals surface area contributed by atoms with Gasteiger partial charge in [0.1, 0.15) is 0 Å². The van der Waals surface area contributed by atoms with Crippen molar-refractivity contribution in [2.75, 3.05) is 13.6 Å². The number of hydrogen-bond donors (Lipinski definition) is 2. The molecule has 2 heterocycles. The normalized spacial score (nSPS) is 21.5. The van der Waals surface area contributed by atoms with Crippen LogP contribution in [0.25, 0.3) is 0 Å². The molecule has 0 spiro atoms. The number of rotatable bonds is 4. The quantitative estimate of drug-likeness (QED) is 0.909. The minimum absolute atomic E-state index is 0.0360. The predicted octanol–water partition coefficient (Wildman–Crippen LogP) is 2.13. The van der Waals surface area contributed by atoms with E-state index < -0.39 is 0 Å². The van der Waals surface area contributed by atoms with Crippen LogP contribution >= 0.6 is 0 Å². The monoisotopic (exact) mass is 312 g/mol. The van der Waals surface area contributed by atoms with E-state index in [4.69, 9.17) is 0 Å². The van der Waals surface area contributed by atoms with Gasteiger partial charge in [0.2, 0.25) is 5.91 Å². The Morgan fingerprint density at radius 2 is 2.09 bits per heavy atom. The van der Waals surface area contributed by atoms with E-state index in [1.165, 1.54) is 11.1 Å². The molecule has 2 aromatic rings. The Balaban J connectivity index is 1.68. The summed E-state index contributed by atoms with van der Waals surface area (Å²) in [5.74, 6) is 0.0360. The van der Waals surface area contributed by atoms with Gasteiger partial charge in [0.25, 0.3) is 0 Å². The van der Waals surface area contributed by atoms with Gasteiger partial charge in [-0.15, -0.1) is 0 Å². The Hall–Kier alpha value is -2.14. The number of likely N-dealkylation sites (tertiary alicyclic amines) is 1. The minimum atomic E-state index is 0.0360. The van der Waals surface area contributed by atoms with Crippen LogP contribution in [-0.2, 0) is 11.2 Å². The van der Waals surface area contributed by atoms with Gasteiger partial charge in [-0.25, -0.2) is 0 Å². The number of hydrogen-bond acceptors (Lipinski definition) is 3. The number of nitrogens with one attached hydrogen (secondary N) is 2. The number of likely N-dealkylation sites (N-methyl/N-ethyl adjacent to an activating group) is 1. The molecule has 2 unspecified atom stereocenters. The second kappa shape index (κ2) is 6.54. The molecule has 122 valence electrons. The Kier molecular flexibility index (Phi) is 4.48. The Morgan fingerprint density at radius 3 is 2.74 bits per heavy atom. The van der Waals surface area contributed by atoms with Crippen LogP contribution in [0, 0.1) is 13.8 Å². The van der Waals surface area contributed by atoms with Crippen LogP contribution in [0.3, 0.4) is 0 Å². The highest BCUT2D eigenvalue weighted by atomic mass is 16.1. The van der Waals surface area contributed by atoms with E-state index in [0.717, 1.165) is 24.4 Å². The van der Waals surface area contributed by atoms with Crippen molar-refractivity contribution < 1.29 is 4.79 Å². The zero-order valence-corrected chi connectivity index (χ0v) is 14.0.